The van der Waals surface area contributed by atoms with Crippen molar-refractivity contribution in [1.82, 2.24) is 0 Å². The van der Waals surface area contributed by atoms with Gasteiger partial charge in [-0.3, -0.25) is 9.59 Å². The van der Waals surface area contributed by atoms with E-state index in [1.807, 2.05) is 0 Å². The molecule has 0 aliphatic carbocycles. The van der Waals surface area contributed by atoms with Crippen molar-refractivity contribution in [3.05, 3.63) is 29.8 Å². The molecule has 0 spiro atoms. The zero-order chi connectivity index (χ0) is 12.0. The molecule has 0 saturated heterocycles. The maximum atomic E-state index is 10.7. The molecule has 1 rings (SSSR count). The third-order valence-corrected chi connectivity index (χ3v) is 2.10. The fourth-order valence-corrected chi connectivity index (χ4v) is 1.32. The average Bonchev–Trinajstić information content (AvgIpc) is 2.27. The van der Waals surface area contributed by atoms with Crippen LogP contribution in [-0.4, -0.2) is 35.7 Å². The van der Waals surface area contributed by atoms with Gasteiger partial charge in [-0.15, -0.1) is 0 Å². The number of hydrogen-bond acceptors (Lipinski definition) is 3. The molecule has 2 N–H and O–H groups in total. The molecule has 16 heavy (non-hydrogen) atoms. The van der Waals surface area contributed by atoms with E-state index in [4.69, 9.17) is 10.2 Å². The smallest absolute Gasteiger partial charge is 0.323 e. The summed E-state index contributed by atoms with van der Waals surface area (Å²) in [5.74, 6) is -1.06. The molecule has 1 amide bonds. The number of rotatable bonds is 6. The van der Waals surface area contributed by atoms with Crippen LogP contribution in [0.3, 0.4) is 0 Å². The highest BCUT2D eigenvalue weighted by Crippen LogP contribution is 2.13. The van der Waals surface area contributed by atoms with Gasteiger partial charge in [0.1, 0.15) is 6.54 Å². The monoisotopic (exact) mass is 223 g/mol. The first-order valence-corrected chi connectivity index (χ1v) is 4.81. The molecule has 0 bridgehead atoms. The first-order valence-electron chi connectivity index (χ1n) is 4.81. The van der Waals surface area contributed by atoms with Crippen molar-refractivity contribution in [2.24, 2.45) is 0 Å². The molecule has 5 nitrogen and oxygen atoms in total. The molecule has 1 aromatic rings. The Morgan fingerprint density at radius 2 is 1.94 bits per heavy atom. The third kappa shape index (κ3) is 3.36. The van der Waals surface area contributed by atoms with Crippen LogP contribution in [0.25, 0.3) is 0 Å². The Balaban J connectivity index is 2.77. The summed E-state index contributed by atoms with van der Waals surface area (Å²) < 4.78 is 0. The van der Waals surface area contributed by atoms with Gasteiger partial charge < -0.3 is 15.1 Å². The van der Waals surface area contributed by atoms with Crippen LogP contribution in [0.5, 0.6) is 0 Å². The molecular formula is C11H13NO4. The molecule has 0 aliphatic rings. The number of nitrogens with zero attached hydrogens (tertiary/aromatic N) is 1. The number of carbonyl (C=O) groups is 2. The summed E-state index contributed by atoms with van der Waals surface area (Å²) in [6.45, 7) is -0.297. The molecule has 0 fully saturated rings. The second kappa shape index (κ2) is 5.87. The summed E-state index contributed by atoms with van der Waals surface area (Å²) in [5.41, 5.74) is 1.46. The number of aliphatic hydroxyl groups excluding tert-OH is 1. The van der Waals surface area contributed by atoms with Crippen molar-refractivity contribution in [2.45, 2.75) is 6.42 Å². The van der Waals surface area contributed by atoms with E-state index in [1.165, 1.54) is 0 Å². The quantitative estimate of drug-likeness (QED) is 0.678. The topological polar surface area (TPSA) is 77.8 Å². The van der Waals surface area contributed by atoms with Gasteiger partial charge in [0.15, 0.2) is 0 Å². The lowest BCUT2D eigenvalue weighted by atomic mass is 10.1. The van der Waals surface area contributed by atoms with E-state index in [2.05, 4.69) is 0 Å². The van der Waals surface area contributed by atoms with Gasteiger partial charge in [-0.2, -0.15) is 0 Å². The van der Waals surface area contributed by atoms with Gasteiger partial charge in [-0.1, -0.05) is 12.1 Å². The van der Waals surface area contributed by atoms with E-state index in [0.717, 1.165) is 10.5 Å². The first-order chi connectivity index (χ1) is 7.67. The summed E-state index contributed by atoms with van der Waals surface area (Å²) in [4.78, 5) is 22.3. The maximum Gasteiger partial charge on any atom is 0.323 e. The SMILES string of the molecule is O=CN(CC(=O)O)c1ccc(CCO)cc1. The number of amides is 1. The predicted molar refractivity (Wildman–Crippen MR) is 58.3 cm³/mol. The number of carboxylic acids is 1. The second-order valence-corrected chi connectivity index (χ2v) is 3.27. The molecule has 0 saturated carbocycles. The number of carboxylic acid groups (broad SMARTS) is 1. The highest BCUT2D eigenvalue weighted by molar-refractivity contribution is 5.84. The lowest BCUT2D eigenvalue weighted by molar-refractivity contribution is -0.136. The molecular weight excluding hydrogens is 210 g/mol. The van der Waals surface area contributed by atoms with Crippen molar-refractivity contribution in [2.75, 3.05) is 18.1 Å². The van der Waals surface area contributed by atoms with Crippen LogP contribution < -0.4 is 4.90 Å². The fourth-order valence-electron chi connectivity index (χ4n) is 1.32. The Morgan fingerprint density at radius 3 is 2.38 bits per heavy atom. The largest absolute Gasteiger partial charge is 0.480 e. The van der Waals surface area contributed by atoms with Crippen LogP contribution in [0.4, 0.5) is 5.69 Å². The average molecular weight is 223 g/mol. The van der Waals surface area contributed by atoms with E-state index in [1.54, 1.807) is 24.3 Å². The van der Waals surface area contributed by atoms with Gasteiger partial charge >= 0.3 is 5.97 Å². The molecule has 0 atom stereocenters. The molecule has 0 aromatic heterocycles. The molecule has 0 unspecified atom stereocenters. The van der Waals surface area contributed by atoms with Crippen molar-refractivity contribution in [3.8, 4) is 0 Å². The predicted octanol–water partition coefficient (Wildman–Crippen LogP) is 0.269. The van der Waals surface area contributed by atoms with E-state index in [9.17, 15) is 9.59 Å². The zero-order valence-electron chi connectivity index (χ0n) is 8.67. The molecule has 0 aliphatic heterocycles. The summed E-state index contributed by atoms with van der Waals surface area (Å²) in [6.07, 6.45) is 1.02. The highest BCUT2D eigenvalue weighted by Gasteiger charge is 2.08. The van der Waals surface area contributed by atoms with Gasteiger partial charge in [-0.25, -0.2) is 0 Å². The number of hydrogen-bond donors (Lipinski definition) is 2. The minimum absolute atomic E-state index is 0.0614. The lowest BCUT2D eigenvalue weighted by Gasteiger charge is -2.14. The highest BCUT2D eigenvalue weighted by atomic mass is 16.4. The van der Waals surface area contributed by atoms with Crippen LogP contribution in [0.1, 0.15) is 5.56 Å². The number of benzene rings is 1. The van der Waals surface area contributed by atoms with Crippen LogP contribution in [0.15, 0.2) is 24.3 Å². The number of carbonyl (C=O) groups excluding carboxylic acids is 1. The fraction of sp³-hybridized carbons (Fsp3) is 0.273. The summed E-state index contributed by atoms with van der Waals surface area (Å²) in [5, 5.41) is 17.3. The van der Waals surface area contributed by atoms with Crippen LogP contribution in [0, 0.1) is 0 Å². The normalized spacial score (nSPS) is 9.81. The number of anilines is 1. The van der Waals surface area contributed by atoms with Crippen LogP contribution in [-0.2, 0) is 16.0 Å². The van der Waals surface area contributed by atoms with Crippen molar-refractivity contribution in [3.63, 3.8) is 0 Å². The van der Waals surface area contributed by atoms with Gasteiger partial charge in [0.05, 0.1) is 0 Å². The second-order valence-electron chi connectivity index (χ2n) is 3.27. The Kier molecular flexibility index (Phi) is 4.47. The van der Waals surface area contributed by atoms with Gasteiger partial charge in [-0.05, 0) is 24.1 Å². The standard InChI is InChI=1S/C11H13NO4/c13-6-5-9-1-3-10(4-2-9)12(8-14)7-11(15)16/h1-4,8,13H,5-7H2,(H,15,16). The van der Waals surface area contributed by atoms with E-state index < -0.39 is 5.97 Å². The van der Waals surface area contributed by atoms with Gasteiger partial charge in [0.2, 0.25) is 6.41 Å². The molecule has 0 radical (unpaired) electrons. The Bertz CT molecular complexity index is 361. The maximum absolute atomic E-state index is 10.7. The number of aliphatic carboxylic acids is 1. The lowest BCUT2D eigenvalue weighted by Crippen LogP contribution is -2.27. The minimum Gasteiger partial charge on any atom is -0.480 e. The van der Waals surface area contributed by atoms with Crippen molar-refractivity contribution in [1.29, 1.82) is 0 Å². The third-order valence-electron chi connectivity index (χ3n) is 2.10. The molecule has 86 valence electrons. The van der Waals surface area contributed by atoms with Gasteiger partial charge in [0.25, 0.3) is 0 Å². The van der Waals surface area contributed by atoms with Crippen molar-refractivity contribution < 1.29 is 19.8 Å². The molecule has 5 heteroatoms. The molecule has 0 heterocycles. The van der Waals surface area contributed by atoms with E-state index >= 15 is 0 Å². The molecule has 1 aromatic carbocycles. The number of aliphatic hydroxyl groups is 1. The summed E-state index contributed by atoms with van der Waals surface area (Å²) in [6, 6.07) is 6.82. The van der Waals surface area contributed by atoms with E-state index in [0.29, 0.717) is 18.5 Å². The van der Waals surface area contributed by atoms with E-state index in [-0.39, 0.29) is 13.2 Å². The summed E-state index contributed by atoms with van der Waals surface area (Å²) in [7, 11) is 0. The van der Waals surface area contributed by atoms with Gasteiger partial charge in [0, 0.05) is 12.3 Å². The van der Waals surface area contributed by atoms with Crippen LogP contribution >= 0.6 is 0 Å². The Labute approximate surface area is 92.9 Å². The first kappa shape index (κ1) is 12.2. The summed E-state index contributed by atoms with van der Waals surface area (Å²) >= 11 is 0. The Morgan fingerprint density at radius 1 is 1.31 bits per heavy atom. The van der Waals surface area contributed by atoms with Crippen LogP contribution in [0.2, 0.25) is 0 Å². The van der Waals surface area contributed by atoms with Crippen molar-refractivity contribution >= 4 is 18.1 Å². The Hall–Kier alpha value is -1.88. The minimum atomic E-state index is -1.06. The zero-order valence-corrected chi connectivity index (χ0v) is 8.67.